The molecule has 0 heterocycles. The third-order valence-electron chi connectivity index (χ3n) is 1.17. The molecule has 0 saturated carbocycles. The Bertz CT molecular complexity index is 303. The van der Waals surface area contributed by atoms with Crippen molar-refractivity contribution in [1.82, 2.24) is 0 Å². The standard InChI is InChI=1S/C6H4ClFN2O/c7-3-1-5(9)6(10-11)2-4(3)8/h1-2H,9H2. The number of anilines is 1. The first kappa shape index (κ1) is 7.94. The number of rotatable bonds is 1. The Balaban J connectivity index is 3.31. The van der Waals surface area contributed by atoms with Gasteiger partial charge in [-0.05, 0) is 11.2 Å². The molecule has 58 valence electrons. The van der Waals surface area contributed by atoms with Gasteiger partial charge in [0.25, 0.3) is 0 Å². The van der Waals surface area contributed by atoms with Crippen molar-refractivity contribution in [3.05, 3.63) is 27.9 Å². The molecule has 0 unspecified atom stereocenters. The van der Waals surface area contributed by atoms with Crippen LogP contribution in [0, 0.1) is 10.7 Å². The van der Waals surface area contributed by atoms with Crippen molar-refractivity contribution >= 4 is 23.0 Å². The lowest BCUT2D eigenvalue weighted by Crippen LogP contribution is -1.86. The molecule has 3 nitrogen and oxygen atoms in total. The molecule has 0 atom stereocenters. The molecule has 0 saturated heterocycles. The van der Waals surface area contributed by atoms with Gasteiger partial charge in [-0.2, -0.15) is 0 Å². The Kier molecular flexibility index (Phi) is 2.05. The lowest BCUT2D eigenvalue weighted by atomic mass is 10.3. The molecule has 0 fully saturated rings. The fourth-order valence-corrected chi connectivity index (χ4v) is 0.803. The number of nitrogen functional groups attached to an aromatic ring is 1. The fourth-order valence-electron chi connectivity index (χ4n) is 0.631. The van der Waals surface area contributed by atoms with E-state index in [2.05, 4.69) is 5.18 Å². The fraction of sp³-hybridized carbons (Fsp3) is 0. The number of hydrogen-bond donors (Lipinski definition) is 1. The minimum Gasteiger partial charge on any atom is -0.397 e. The minimum absolute atomic E-state index is 0.0754. The highest BCUT2D eigenvalue weighted by Gasteiger charge is 2.05. The van der Waals surface area contributed by atoms with E-state index in [9.17, 15) is 9.30 Å². The zero-order chi connectivity index (χ0) is 8.43. The van der Waals surface area contributed by atoms with Crippen LogP contribution in [0.15, 0.2) is 17.3 Å². The molecule has 11 heavy (non-hydrogen) atoms. The number of nitroso groups, excluding NO2 is 1. The van der Waals surface area contributed by atoms with Crippen molar-refractivity contribution in [2.75, 3.05) is 5.73 Å². The number of halogens is 2. The molecular formula is C6H4ClFN2O. The summed E-state index contributed by atoms with van der Waals surface area (Å²) in [5.74, 6) is -0.699. The molecule has 0 spiro atoms. The molecular weight excluding hydrogens is 171 g/mol. The Labute approximate surface area is 66.9 Å². The molecule has 1 aromatic rings. The van der Waals surface area contributed by atoms with Crippen LogP contribution in [0.25, 0.3) is 0 Å². The van der Waals surface area contributed by atoms with Gasteiger partial charge in [0.05, 0.1) is 10.7 Å². The van der Waals surface area contributed by atoms with Gasteiger partial charge in [0.15, 0.2) is 0 Å². The molecule has 0 aliphatic rings. The quantitative estimate of drug-likeness (QED) is 0.525. The first-order valence-corrected chi connectivity index (χ1v) is 3.11. The normalized spacial score (nSPS) is 9.64. The molecule has 0 bridgehead atoms. The maximum absolute atomic E-state index is 12.6. The molecule has 1 rings (SSSR count). The van der Waals surface area contributed by atoms with Gasteiger partial charge in [-0.25, -0.2) is 4.39 Å². The van der Waals surface area contributed by atoms with E-state index in [1.807, 2.05) is 0 Å². The second-order valence-corrected chi connectivity index (χ2v) is 2.32. The van der Waals surface area contributed by atoms with Crippen molar-refractivity contribution in [2.24, 2.45) is 5.18 Å². The van der Waals surface area contributed by atoms with Crippen LogP contribution < -0.4 is 5.73 Å². The van der Waals surface area contributed by atoms with Crippen molar-refractivity contribution < 1.29 is 4.39 Å². The summed E-state index contributed by atoms with van der Waals surface area (Å²) in [4.78, 5) is 9.95. The maximum atomic E-state index is 12.6. The van der Waals surface area contributed by atoms with Crippen LogP contribution in [0.4, 0.5) is 15.8 Å². The Hall–Kier alpha value is -1.16. The lowest BCUT2D eigenvalue weighted by molar-refractivity contribution is 0.629. The number of nitrogens with two attached hydrogens (primary N) is 1. The first-order chi connectivity index (χ1) is 5.15. The molecule has 1 aromatic carbocycles. The van der Waals surface area contributed by atoms with Crippen molar-refractivity contribution in [1.29, 1.82) is 0 Å². The highest BCUT2D eigenvalue weighted by molar-refractivity contribution is 6.31. The second-order valence-electron chi connectivity index (χ2n) is 1.92. The molecule has 0 radical (unpaired) electrons. The van der Waals surface area contributed by atoms with E-state index in [1.54, 1.807) is 0 Å². The zero-order valence-electron chi connectivity index (χ0n) is 5.34. The van der Waals surface area contributed by atoms with E-state index in [-0.39, 0.29) is 16.4 Å². The second kappa shape index (κ2) is 2.84. The van der Waals surface area contributed by atoms with Crippen LogP contribution in [-0.4, -0.2) is 0 Å². The van der Waals surface area contributed by atoms with Crippen LogP contribution in [-0.2, 0) is 0 Å². The SMILES string of the molecule is Nc1cc(Cl)c(F)cc1N=O. The summed E-state index contributed by atoms with van der Waals surface area (Å²) < 4.78 is 12.6. The van der Waals surface area contributed by atoms with Crippen LogP contribution >= 0.6 is 11.6 Å². The highest BCUT2D eigenvalue weighted by atomic mass is 35.5. The topological polar surface area (TPSA) is 55.4 Å². The molecule has 5 heteroatoms. The monoisotopic (exact) mass is 174 g/mol. The van der Waals surface area contributed by atoms with E-state index in [0.717, 1.165) is 12.1 Å². The van der Waals surface area contributed by atoms with Crippen molar-refractivity contribution in [2.45, 2.75) is 0 Å². The van der Waals surface area contributed by atoms with Crippen LogP contribution in [0.1, 0.15) is 0 Å². The maximum Gasteiger partial charge on any atom is 0.144 e. The van der Waals surface area contributed by atoms with Gasteiger partial charge in [-0.1, -0.05) is 11.6 Å². The Morgan fingerprint density at radius 1 is 1.55 bits per heavy atom. The Morgan fingerprint density at radius 2 is 2.18 bits per heavy atom. The van der Waals surface area contributed by atoms with Gasteiger partial charge in [0.2, 0.25) is 0 Å². The summed E-state index contributed by atoms with van der Waals surface area (Å²) >= 11 is 5.34. The van der Waals surface area contributed by atoms with Crippen LogP contribution in [0.3, 0.4) is 0 Å². The Morgan fingerprint density at radius 3 is 2.73 bits per heavy atom. The average molecular weight is 175 g/mol. The van der Waals surface area contributed by atoms with Gasteiger partial charge < -0.3 is 5.73 Å². The van der Waals surface area contributed by atoms with Gasteiger partial charge in [0, 0.05) is 6.07 Å². The van der Waals surface area contributed by atoms with E-state index >= 15 is 0 Å². The summed E-state index contributed by atoms with van der Waals surface area (Å²) in [7, 11) is 0. The summed E-state index contributed by atoms with van der Waals surface area (Å²) in [5, 5.41) is 2.38. The minimum atomic E-state index is -0.699. The van der Waals surface area contributed by atoms with Crippen molar-refractivity contribution in [3.63, 3.8) is 0 Å². The summed E-state index contributed by atoms with van der Waals surface area (Å²) in [5.41, 5.74) is 5.20. The largest absolute Gasteiger partial charge is 0.397 e. The van der Waals surface area contributed by atoms with Crippen LogP contribution in [0.2, 0.25) is 5.02 Å². The van der Waals surface area contributed by atoms with Gasteiger partial charge in [-0.15, -0.1) is 4.91 Å². The third kappa shape index (κ3) is 1.46. The zero-order valence-corrected chi connectivity index (χ0v) is 6.10. The summed E-state index contributed by atoms with van der Waals surface area (Å²) in [6.07, 6.45) is 0. The summed E-state index contributed by atoms with van der Waals surface area (Å²) in [6.45, 7) is 0. The number of benzene rings is 1. The molecule has 0 aromatic heterocycles. The van der Waals surface area contributed by atoms with E-state index in [1.165, 1.54) is 0 Å². The molecule has 0 aliphatic heterocycles. The first-order valence-electron chi connectivity index (χ1n) is 2.73. The van der Waals surface area contributed by atoms with Gasteiger partial charge in [-0.3, -0.25) is 0 Å². The highest BCUT2D eigenvalue weighted by Crippen LogP contribution is 2.27. The third-order valence-corrected chi connectivity index (χ3v) is 1.46. The van der Waals surface area contributed by atoms with E-state index < -0.39 is 5.82 Å². The molecule has 2 N–H and O–H groups in total. The van der Waals surface area contributed by atoms with Crippen molar-refractivity contribution in [3.8, 4) is 0 Å². The van der Waals surface area contributed by atoms with Gasteiger partial charge in [0.1, 0.15) is 11.5 Å². The van der Waals surface area contributed by atoms with Crippen LogP contribution in [0.5, 0.6) is 0 Å². The smallest absolute Gasteiger partial charge is 0.144 e. The summed E-state index contributed by atoms with van der Waals surface area (Å²) in [6, 6.07) is 2.04. The van der Waals surface area contributed by atoms with Gasteiger partial charge >= 0.3 is 0 Å². The van der Waals surface area contributed by atoms with E-state index in [0.29, 0.717) is 0 Å². The number of hydrogen-bond acceptors (Lipinski definition) is 3. The average Bonchev–Trinajstić information content (AvgIpc) is 1.97. The van der Waals surface area contributed by atoms with E-state index in [4.69, 9.17) is 17.3 Å². The lowest BCUT2D eigenvalue weighted by Gasteiger charge is -1.97. The predicted molar refractivity (Wildman–Crippen MR) is 41.3 cm³/mol. The predicted octanol–water partition coefficient (Wildman–Crippen LogP) is 2.46. The number of nitrogens with zero attached hydrogens (tertiary/aromatic N) is 1. The molecule has 0 aliphatic carbocycles. The molecule has 0 amide bonds.